The predicted octanol–water partition coefficient (Wildman–Crippen LogP) is 3.83. The molecule has 0 bridgehead atoms. The number of aryl methyl sites for hydroxylation is 1. The number of esters is 1. The highest BCUT2D eigenvalue weighted by molar-refractivity contribution is 6.07. The van der Waals surface area contributed by atoms with E-state index in [1.807, 2.05) is 38.1 Å². The highest BCUT2D eigenvalue weighted by Crippen LogP contribution is 2.24. The summed E-state index contributed by atoms with van der Waals surface area (Å²) in [5.74, 6) is -0.236. The molecule has 3 aromatic rings. The average Bonchev–Trinajstić information content (AvgIpc) is 2.76. The van der Waals surface area contributed by atoms with Crippen LogP contribution in [0.15, 0.2) is 42.5 Å². The number of nitrogens with zero attached hydrogens (tertiary/aromatic N) is 1. The Hall–Kier alpha value is -3.41. The molecule has 0 radical (unpaired) electrons. The number of pyridine rings is 1. The molecule has 1 aromatic heterocycles. The van der Waals surface area contributed by atoms with Crippen molar-refractivity contribution in [3.05, 3.63) is 70.4 Å². The van der Waals surface area contributed by atoms with Gasteiger partial charge in [0.1, 0.15) is 11.3 Å². The van der Waals surface area contributed by atoms with Gasteiger partial charge >= 0.3 is 5.97 Å². The van der Waals surface area contributed by atoms with Gasteiger partial charge in [0, 0.05) is 17.6 Å². The van der Waals surface area contributed by atoms with E-state index >= 15 is 0 Å². The number of amides is 1. The fourth-order valence-electron chi connectivity index (χ4n) is 3.40. The van der Waals surface area contributed by atoms with Gasteiger partial charge in [-0.15, -0.1) is 0 Å². The first-order valence-corrected chi connectivity index (χ1v) is 9.41. The summed E-state index contributed by atoms with van der Waals surface area (Å²) in [6.07, 6.45) is 0.748. The van der Waals surface area contributed by atoms with Crippen molar-refractivity contribution in [2.45, 2.75) is 26.8 Å². The van der Waals surface area contributed by atoms with E-state index in [1.165, 1.54) is 14.2 Å². The fourth-order valence-corrected chi connectivity index (χ4v) is 3.40. The number of carbonyl (C=O) groups is 2. The van der Waals surface area contributed by atoms with Crippen LogP contribution in [0.3, 0.4) is 0 Å². The minimum Gasteiger partial charge on any atom is -0.496 e. The van der Waals surface area contributed by atoms with E-state index in [1.54, 1.807) is 18.2 Å². The lowest BCUT2D eigenvalue weighted by atomic mass is 9.99. The van der Waals surface area contributed by atoms with Crippen molar-refractivity contribution in [3.63, 3.8) is 0 Å². The Bertz CT molecular complexity index is 1080. The minimum atomic E-state index is -0.487. The van der Waals surface area contributed by atoms with Gasteiger partial charge in [-0.25, -0.2) is 4.79 Å². The minimum absolute atomic E-state index is 0.175. The highest BCUT2D eigenvalue weighted by Gasteiger charge is 2.18. The maximum absolute atomic E-state index is 13.1. The molecule has 0 spiro atoms. The summed E-state index contributed by atoms with van der Waals surface area (Å²) in [6.45, 7) is 4.22. The molecule has 1 N–H and O–H groups in total. The molecule has 1 amide bonds. The van der Waals surface area contributed by atoms with Gasteiger partial charge in [-0.05, 0) is 42.7 Å². The summed E-state index contributed by atoms with van der Waals surface area (Å²) >= 11 is 0. The van der Waals surface area contributed by atoms with Crippen LogP contribution >= 0.6 is 0 Å². The number of hydrogen-bond acceptors (Lipinski definition) is 5. The lowest BCUT2D eigenvalue weighted by Gasteiger charge is -2.14. The fraction of sp³-hybridized carbons (Fsp3) is 0.261. The van der Waals surface area contributed by atoms with Crippen LogP contribution in [0.5, 0.6) is 5.75 Å². The second kappa shape index (κ2) is 8.73. The van der Waals surface area contributed by atoms with E-state index in [9.17, 15) is 9.59 Å². The van der Waals surface area contributed by atoms with Gasteiger partial charge in [0.25, 0.3) is 5.91 Å². The molecule has 29 heavy (non-hydrogen) atoms. The van der Waals surface area contributed by atoms with Crippen LogP contribution in [-0.2, 0) is 17.7 Å². The zero-order chi connectivity index (χ0) is 21.0. The Balaban J connectivity index is 1.90. The molecule has 1 heterocycles. The number of methoxy groups -OCH3 is 2. The van der Waals surface area contributed by atoms with Crippen molar-refractivity contribution < 1.29 is 19.1 Å². The number of carbonyl (C=O) groups excluding carboxylic acids is 2. The molecule has 2 aromatic carbocycles. The third-order valence-corrected chi connectivity index (χ3v) is 4.92. The zero-order valence-corrected chi connectivity index (χ0v) is 17.0. The molecule has 0 saturated carbocycles. The van der Waals surface area contributed by atoms with Gasteiger partial charge in [-0.2, -0.15) is 0 Å². The lowest BCUT2D eigenvalue weighted by molar-refractivity contribution is 0.0597. The van der Waals surface area contributed by atoms with Crippen LogP contribution in [0.1, 0.15) is 44.5 Å². The monoisotopic (exact) mass is 392 g/mol. The number of hydrogen-bond donors (Lipinski definition) is 1. The normalized spacial score (nSPS) is 10.6. The highest BCUT2D eigenvalue weighted by atomic mass is 16.5. The van der Waals surface area contributed by atoms with Crippen LogP contribution in [-0.4, -0.2) is 31.1 Å². The molecule has 0 aliphatic carbocycles. The molecule has 6 heteroatoms. The molecule has 150 valence electrons. The number of benzene rings is 2. The van der Waals surface area contributed by atoms with Crippen LogP contribution in [0.4, 0.5) is 0 Å². The van der Waals surface area contributed by atoms with Gasteiger partial charge in [0.2, 0.25) is 0 Å². The number of ether oxygens (including phenoxy) is 2. The standard InChI is InChI=1S/C23H24N2O4/c1-5-18-14(2)21(16-8-6-7-9-19(16)25-18)22(26)24-13-15-10-11-20(28-3)17(12-15)23(27)29-4/h6-12H,5,13H2,1-4H3,(H,24,26). The zero-order valence-electron chi connectivity index (χ0n) is 17.0. The van der Waals surface area contributed by atoms with E-state index < -0.39 is 5.97 Å². The van der Waals surface area contributed by atoms with E-state index in [0.29, 0.717) is 16.9 Å². The van der Waals surface area contributed by atoms with E-state index in [-0.39, 0.29) is 12.5 Å². The number of para-hydroxylation sites is 1. The number of aromatic nitrogens is 1. The van der Waals surface area contributed by atoms with Gasteiger partial charge in [-0.3, -0.25) is 9.78 Å². The maximum atomic E-state index is 13.1. The van der Waals surface area contributed by atoms with Crippen molar-refractivity contribution in [3.8, 4) is 5.75 Å². The first-order valence-electron chi connectivity index (χ1n) is 9.41. The van der Waals surface area contributed by atoms with Crippen molar-refractivity contribution >= 4 is 22.8 Å². The van der Waals surface area contributed by atoms with E-state index in [2.05, 4.69) is 10.3 Å². The molecule has 0 atom stereocenters. The topological polar surface area (TPSA) is 77.5 Å². The van der Waals surface area contributed by atoms with Gasteiger partial charge in [0.05, 0.1) is 25.3 Å². The number of nitrogens with one attached hydrogen (secondary N) is 1. The molecule has 0 aliphatic heterocycles. The van der Waals surface area contributed by atoms with Crippen molar-refractivity contribution in [1.29, 1.82) is 0 Å². The van der Waals surface area contributed by atoms with Gasteiger partial charge in [0.15, 0.2) is 0 Å². The molecular weight excluding hydrogens is 368 g/mol. The summed E-state index contributed by atoms with van der Waals surface area (Å²) in [6, 6.07) is 12.8. The Labute approximate surface area is 169 Å². The SMILES string of the molecule is CCc1nc2ccccc2c(C(=O)NCc2ccc(OC)c(C(=O)OC)c2)c1C. The van der Waals surface area contributed by atoms with Crippen LogP contribution in [0.2, 0.25) is 0 Å². The number of fused-ring (bicyclic) bond motifs is 1. The summed E-state index contributed by atoms with van der Waals surface area (Å²) in [7, 11) is 2.81. The smallest absolute Gasteiger partial charge is 0.341 e. The van der Waals surface area contributed by atoms with Gasteiger partial charge in [-0.1, -0.05) is 31.2 Å². The van der Waals surface area contributed by atoms with Crippen LogP contribution in [0.25, 0.3) is 10.9 Å². The first-order chi connectivity index (χ1) is 14.0. The Morgan fingerprint density at radius 3 is 2.55 bits per heavy atom. The van der Waals surface area contributed by atoms with Crippen LogP contribution in [0, 0.1) is 6.92 Å². The van der Waals surface area contributed by atoms with Crippen LogP contribution < -0.4 is 10.1 Å². The predicted molar refractivity (Wildman–Crippen MR) is 111 cm³/mol. The summed E-state index contributed by atoms with van der Waals surface area (Å²) in [5.41, 5.74) is 4.32. The number of rotatable bonds is 6. The molecule has 3 rings (SSSR count). The molecular formula is C23H24N2O4. The Kier molecular flexibility index (Phi) is 6.12. The third-order valence-electron chi connectivity index (χ3n) is 4.92. The summed E-state index contributed by atoms with van der Waals surface area (Å²) in [5, 5.41) is 3.79. The van der Waals surface area contributed by atoms with Crippen molar-refractivity contribution in [1.82, 2.24) is 10.3 Å². The molecule has 0 fully saturated rings. The average molecular weight is 392 g/mol. The van der Waals surface area contributed by atoms with Crippen molar-refractivity contribution in [2.24, 2.45) is 0 Å². The lowest BCUT2D eigenvalue weighted by Crippen LogP contribution is -2.25. The second-order valence-electron chi connectivity index (χ2n) is 6.64. The molecule has 0 saturated heterocycles. The van der Waals surface area contributed by atoms with Crippen molar-refractivity contribution in [2.75, 3.05) is 14.2 Å². The summed E-state index contributed by atoms with van der Waals surface area (Å²) < 4.78 is 10.0. The third kappa shape index (κ3) is 4.06. The second-order valence-corrected chi connectivity index (χ2v) is 6.64. The quantitative estimate of drug-likeness (QED) is 0.645. The largest absolute Gasteiger partial charge is 0.496 e. The summed E-state index contributed by atoms with van der Waals surface area (Å²) in [4.78, 5) is 29.7. The van der Waals surface area contributed by atoms with E-state index in [0.717, 1.165) is 34.1 Å². The van der Waals surface area contributed by atoms with E-state index in [4.69, 9.17) is 9.47 Å². The molecule has 0 aliphatic rings. The Morgan fingerprint density at radius 2 is 1.86 bits per heavy atom. The Morgan fingerprint density at radius 1 is 1.10 bits per heavy atom. The first kappa shape index (κ1) is 20.3. The maximum Gasteiger partial charge on any atom is 0.341 e. The van der Waals surface area contributed by atoms with Gasteiger partial charge < -0.3 is 14.8 Å². The molecule has 0 unspecified atom stereocenters. The molecule has 6 nitrogen and oxygen atoms in total.